The van der Waals surface area contributed by atoms with E-state index in [1.807, 2.05) is 0 Å². The fraction of sp³-hybridized carbons (Fsp3) is 0.750. The predicted octanol–water partition coefficient (Wildman–Crippen LogP) is -0.553. The number of carbonyl (C=O) groups is 5. The Morgan fingerprint density at radius 2 is 1.38 bits per heavy atom. The summed E-state index contributed by atoms with van der Waals surface area (Å²) in [6, 6.07) is 0. The van der Waals surface area contributed by atoms with E-state index >= 15 is 0 Å². The zero-order chi connectivity index (χ0) is 26.1. The van der Waals surface area contributed by atoms with Crippen molar-refractivity contribution < 1.29 is 39.6 Å². The highest BCUT2D eigenvalue weighted by Crippen LogP contribution is 2.07. The standard InChI is InChI=1S/C20H38N6O8/c1-15(27)24(32)13-5-2-4-12-23-18(29)9-11-20(31)26(34)16(21)7-3-6-14-25(33)19(30)10-8-17(22)28/h16,32-34H,2-14,21H2,1H3,(H2,22,28)(H,23,29). The Balaban J connectivity index is 3.95. The molecule has 0 saturated carbocycles. The van der Waals surface area contributed by atoms with Crippen LogP contribution in [0.2, 0.25) is 0 Å². The van der Waals surface area contributed by atoms with Crippen LogP contribution in [0.25, 0.3) is 0 Å². The Hall–Kier alpha value is -2.81. The van der Waals surface area contributed by atoms with E-state index in [-0.39, 0.29) is 51.1 Å². The molecule has 0 fully saturated rings. The lowest BCUT2D eigenvalue weighted by Gasteiger charge is -2.22. The molecule has 0 heterocycles. The number of nitrogens with zero attached hydrogens (tertiary/aromatic N) is 3. The van der Waals surface area contributed by atoms with Gasteiger partial charge in [-0.05, 0) is 38.5 Å². The smallest absolute Gasteiger partial charge is 0.247 e. The van der Waals surface area contributed by atoms with E-state index in [0.29, 0.717) is 53.8 Å². The fourth-order valence-corrected chi connectivity index (χ4v) is 2.78. The van der Waals surface area contributed by atoms with E-state index in [1.54, 1.807) is 0 Å². The van der Waals surface area contributed by atoms with E-state index in [4.69, 9.17) is 11.5 Å². The third-order valence-corrected chi connectivity index (χ3v) is 4.86. The molecule has 34 heavy (non-hydrogen) atoms. The number of nitrogens with one attached hydrogen (secondary N) is 1. The number of hydrogen-bond donors (Lipinski definition) is 6. The van der Waals surface area contributed by atoms with Gasteiger partial charge in [0.25, 0.3) is 0 Å². The zero-order valence-electron chi connectivity index (χ0n) is 19.6. The predicted molar refractivity (Wildman–Crippen MR) is 118 cm³/mol. The molecule has 0 aromatic carbocycles. The number of primary amides is 1. The van der Waals surface area contributed by atoms with Crippen molar-refractivity contribution in [3.05, 3.63) is 0 Å². The maximum absolute atomic E-state index is 12.0. The van der Waals surface area contributed by atoms with Crippen LogP contribution < -0.4 is 16.8 Å². The summed E-state index contributed by atoms with van der Waals surface area (Å²) in [4.78, 5) is 56.9. The van der Waals surface area contributed by atoms with Gasteiger partial charge in [-0.2, -0.15) is 0 Å². The minimum atomic E-state index is -1.01. The van der Waals surface area contributed by atoms with E-state index in [1.165, 1.54) is 6.92 Å². The molecule has 14 heteroatoms. The van der Waals surface area contributed by atoms with Crippen LogP contribution in [0.1, 0.15) is 71.1 Å². The molecule has 0 rings (SSSR count). The minimum Gasteiger partial charge on any atom is -0.370 e. The summed E-state index contributed by atoms with van der Waals surface area (Å²) in [7, 11) is 0. The molecule has 0 aliphatic carbocycles. The van der Waals surface area contributed by atoms with Gasteiger partial charge < -0.3 is 16.8 Å². The lowest BCUT2D eigenvalue weighted by Crippen LogP contribution is -2.44. The second-order valence-electron chi connectivity index (χ2n) is 7.84. The molecule has 8 N–H and O–H groups in total. The first-order valence-corrected chi connectivity index (χ1v) is 11.2. The highest BCUT2D eigenvalue weighted by Gasteiger charge is 2.19. The second-order valence-corrected chi connectivity index (χ2v) is 7.84. The van der Waals surface area contributed by atoms with Crippen LogP contribution in [-0.2, 0) is 24.0 Å². The van der Waals surface area contributed by atoms with Crippen molar-refractivity contribution in [2.75, 3.05) is 19.6 Å². The maximum atomic E-state index is 12.0. The average Bonchev–Trinajstić information content (AvgIpc) is 2.79. The molecule has 0 radical (unpaired) electrons. The van der Waals surface area contributed by atoms with Crippen molar-refractivity contribution in [1.82, 2.24) is 20.5 Å². The lowest BCUT2D eigenvalue weighted by molar-refractivity contribution is -0.176. The molecule has 0 bridgehead atoms. The summed E-state index contributed by atoms with van der Waals surface area (Å²) in [5.74, 6) is -2.77. The number of amides is 5. The Morgan fingerprint density at radius 1 is 0.794 bits per heavy atom. The van der Waals surface area contributed by atoms with E-state index in [9.17, 15) is 39.6 Å². The van der Waals surface area contributed by atoms with E-state index in [2.05, 4.69) is 5.32 Å². The Morgan fingerprint density at radius 3 is 2.00 bits per heavy atom. The van der Waals surface area contributed by atoms with Crippen molar-refractivity contribution in [2.45, 2.75) is 77.3 Å². The first kappa shape index (κ1) is 31.2. The van der Waals surface area contributed by atoms with Gasteiger partial charge in [0.05, 0.1) is 0 Å². The molecule has 0 aromatic heterocycles. The van der Waals surface area contributed by atoms with Crippen molar-refractivity contribution in [3.63, 3.8) is 0 Å². The molecular formula is C20H38N6O8. The van der Waals surface area contributed by atoms with Crippen molar-refractivity contribution in [3.8, 4) is 0 Å². The summed E-state index contributed by atoms with van der Waals surface area (Å²) in [6.07, 6.45) is 1.16. The van der Waals surface area contributed by atoms with Crippen molar-refractivity contribution >= 4 is 29.5 Å². The number of rotatable bonds is 18. The number of unbranched alkanes of at least 4 members (excludes halogenated alkanes) is 3. The summed E-state index contributed by atoms with van der Waals surface area (Å²) in [5, 5.41) is 32.8. The van der Waals surface area contributed by atoms with Gasteiger partial charge >= 0.3 is 0 Å². The van der Waals surface area contributed by atoms with Gasteiger partial charge in [-0.3, -0.25) is 39.6 Å². The molecule has 1 atom stereocenters. The largest absolute Gasteiger partial charge is 0.370 e. The van der Waals surface area contributed by atoms with Gasteiger partial charge in [0.1, 0.15) is 6.17 Å². The van der Waals surface area contributed by atoms with E-state index < -0.39 is 29.8 Å². The van der Waals surface area contributed by atoms with Gasteiger partial charge in [-0.15, -0.1) is 0 Å². The van der Waals surface area contributed by atoms with Gasteiger partial charge in [0.2, 0.25) is 29.5 Å². The third-order valence-electron chi connectivity index (χ3n) is 4.86. The molecule has 0 aromatic rings. The normalized spacial score (nSPS) is 11.4. The van der Waals surface area contributed by atoms with Gasteiger partial charge in [-0.25, -0.2) is 15.2 Å². The van der Waals surface area contributed by atoms with Crippen LogP contribution in [0.4, 0.5) is 0 Å². The quantitative estimate of drug-likeness (QED) is 0.0627. The summed E-state index contributed by atoms with van der Waals surface area (Å²) in [6.45, 7) is 1.86. The SMILES string of the molecule is CC(=O)N(O)CCCCCNC(=O)CCC(=O)N(O)C(N)CCCCN(O)C(=O)CCC(N)=O. The topological polar surface area (TPSA) is 220 Å². The van der Waals surface area contributed by atoms with Crippen LogP contribution in [0, 0.1) is 0 Å². The number of hydroxylamine groups is 6. The number of carbonyl (C=O) groups excluding carboxylic acids is 5. The molecule has 0 spiro atoms. The monoisotopic (exact) mass is 490 g/mol. The van der Waals surface area contributed by atoms with Crippen molar-refractivity contribution in [2.24, 2.45) is 11.5 Å². The third kappa shape index (κ3) is 15.1. The molecule has 1 unspecified atom stereocenters. The summed E-state index contributed by atoms with van der Waals surface area (Å²) < 4.78 is 0. The highest BCUT2D eigenvalue weighted by atomic mass is 16.5. The van der Waals surface area contributed by atoms with Crippen LogP contribution in [0.15, 0.2) is 0 Å². The maximum Gasteiger partial charge on any atom is 0.247 e. The molecule has 0 aliphatic heterocycles. The molecule has 196 valence electrons. The Bertz CT molecular complexity index is 677. The second kappa shape index (κ2) is 17.6. The fourth-order valence-electron chi connectivity index (χ4n) is 2.78. The van der Waals surface area contributed by atoms with E-state index in [0.717, 1.165) is 0 Å². The van der Waals surface area contributed by atoms with Crippen LogP contribution in [0.5, 0.6) is 0 Å². The van der Waals surface area contributed by atoms with Crippen molar-refractivity contribution in [1.29, 1.82) is 0 Å². The molecule has 0 aliphatic rings. The van der Waals surface area contributed by atoms with Gasteiger partial charge in [0.15, 0.2) is 0 Å². The molecule has 5 amide bonds. The zero-order valence-corrected chi connectivity index (χ0v) is 19.6. The molecule has 0 saturated heterocycles. The van der Waals surface area contributed by atoms with Crippen LogP contribution in [-0.4, -0.2) is 86.1 Å². The summed E-state index contributed by atoms with van der Waals surface area (Å²) >= 11 is 0. The van der Waals surface area contributed by atoms with Crippen LogP contribution >= 0.6 is 0 Å². The number of nitrogens with two attached hydrogens (primary N) is 2. The Kier molecular flexibility index (Phi) is 16.2. The molecule has 14 nitrogen and oxygen atoms in total. The Labute approximate surface area is 198 Å². The van der Waals surface area contributed by atoms with Gasteiger partial charge in [0, 0.05) is 52.2 Å². The number of hydrogen-bond acceptors (Lipinski definition) is 9. The average molecular weight is 491 g/mol. The van der Waals surface area contributed by atoms with Crippen LogP contribution in [0.3, 0.4) is 0 Å². The highest BCUT2D eigenvalue weighted by molar-refractivity contribution is 5.83. The molecular weight excluding hydrogens is 452 g/mol. The van der Waals surface area contributed by atoms with Gasteiger partial charge in [-0.1, -0.05) is 0 Å². The lowest BCUT2D eigenvalue weighted by atomic mass is 10.2. The summed E-state index contributed by atoms with van der Waals surface area (Å²) in [5.41, 5.74) is 10.7. The minimum absolute atomic E-state index is 0.00115. The first-order valence-electron chi connectivity index (χ1n) is 11.2. The first-order chi connectivity index (χ1) is 16.0.